The van der Waals surface area contributed by atoms with Gasteiger partial charge in [-0.05, 0) is 41.3 Å². The van der Waals surface area contributed by atoms with Crippen molar-refractivity contribution in [3.63, 3.8) is 0 Å². The third-order valence-corrected chi connectivity index (χ3v) is 6.84. The van der Waals surface area contributed by atoms with Crippen molar-refractivity contribution in [2.45, 2.75) is 18.5 Å². The summed E-state index contributed by atoms with van der Waals surface area (Å²) in [7, 11) is -3.74. The van der Waals surface area contributed by atoms with E-state index in [9.17, 15) is 26.4 Å². The normalized spacial score (nSPS) is 12.2. The van der Waals surface area contributed by atoms with Crippen molar-refractivity contribution in [1.29, 1.82) is 0 Å². The highest BCUT2D eigenvalue weighted by Gasteiger charge is 2.30. The molecule has 4 nitrogen and oxygen atoms in total. The lowest BCUT2D eigenvalue weighted by Crippen LogP contribution is -2.24. The Kier molecular flexibility index (Phi) is 6.04. The monoisotopic (exact) mass is 445 g/mol. The summed E-state index contributed by atoms with van der Waals surface area (Å²) in [4.78, 5) is 13.4. The number of benzene rings is 1. The molecule has 0 bridgehead atoms. The van der Waals surface area contributed by atoms with Gasteiger partial charge in [0.25, 0.3) is 0 Å². The van der Waals surface area contributed by atoms with E-state index >= 15 is 0 Å². The number of nitrogens with one attached hydrogen (secondary N) is 1. The highest BCUT2D eigenvalue weighted by atomic mass is 32.2. The molecule has 10 heteroatoms. The number of ketones is 1. The summed E-state index contributed by atoms with van der Waals surface area (Å²) in [6.07, 6.45) is -4.47. The average Bonchev–Trinajstić information content (AvgIpc) is 3.31. The van der Waals surface area contributed by atoms with Gasteiger partial charge in [0.05, 0.1) is 16.2 Å². The van der Waals surface area contributed by atoms with Crippen molar-refractivity contribution in [2.24, 2.45) is 0 Å². The number of hydrogen-bond donors (Lipinski definition) is 1. The van der Waals surface area contributed by atoms with Gasteiger partial charge in [0.1, 0.15) is 0 Å². The Balaban J connectivity index is 1.60. The molecule has 0 saturated heterocycles. The van der Waals surface area contributed by atoms with Crippen LogP contribution in [-0.2, 0) is 28.5 Å². The van der Waals surface area contributed by atoms with Gasteiger partial charge in [0.2, 0.25) is 15.8 Å². The lowest BCUT2D eigenvalue weighted by molar-refractivity contribution is -0.137. The molecule has 0 unspecified atom stereocenters. The van der Waals surface area contributed by atoms with Crippen LogP contribution in [0.25, 0.3) is 0 Å². The first-order valence-electron chi connectivity index (χ1n) is 7.93. The van der Waals surface area contributed by atoms with Gasteiger partial charge in [-0.1, -0.05) is 12.1 Å². The fraction of sp³-hybridized carbons (Fsp3) is 0.167. The number of halogens is 3. The molecule has 0 atom stereocenters. The first kappa shape index (κ1) is 20.7. The number of thiophene rings is 2. The minimum atomic E-state index is -4.47. The van der Waals surface area contributed by atoms with Gasteiger partial charge in [-0.2, -0.15) is 24.5 Å². The molecule has 0 aliphatic heterocycles. The standard InChI is InChI=1S/C18H14F3NO3S3/c19-18(20,21)14-3-1-12(2-4-14)11-28(24,25)22-9-15-5-6-16(27-15)17(23)13-7-8-26-10-13/h1-8,10,22H,9,11H2. The number of hydrogen-bond acceptors (Lipinski definition) is 5. The molecular formula is C18H14F3NO3S3. The van der Waals surface area contributed by atoms with E-state index in [0.717, 1.165) is 24.3 Å². The third kappa shape index (κ3) is 5.28. The van der Waals surface area contributed by atoms with Crippen LogP contribution in [0, 0.1) is 0 Å². The van der Waals surface area contributed by atoms with Crippen LogP contribution in [0.3, 0.4) is 0 Å². The molecule has 1 aromatic carbocycles. The Hall–Kier alpha value is -2.01. The van der Waals surface area contributed by atoms with E-state index in [2.05, 4.69) is 4.72 Å². The Bertz CT molecular complexity index is 1050. The van der Waals surface area contributed by atoms with E-state index in [1.54, 1.807) is 29.0 Å². The first-order valence-corrected chi connectivity index (χ1v) is 11.3. The zero-order chi connectivity index (χ0) is 20.4. The minimum absolute atomic E-state index is 0.00452. The van der Waals surface area contributed by atoms with Crippen LogP contribution in [0.15, 0.2) is 53.2 Å². The molecule has 3 aromatic rings. The largest absolute Gasteiger partial charge is 0.416 e. The summed E-state index contributed by atoms with van der Waals surface area (Å²) in [5.74, 6) is -0.554. The van der Waals surface area contributed by atoms with Gasteiger partial charge in [0.15, 0.2) is 0 Å². The van der Waals surface area contributed by atoms with Crippen LogP contribution in [0.4, 0.5) is 13.2 Å². The molecule has 0 saturated carbocycles. The quantitative estimate of drug-likeness (QED) is 0.537. The second-order valence-corrected chi connectivity index (χ2v) is 9.64. The maximum atomic E-state index is 12.6. The molecule has 0 aliphatic rings. The van der Waals surface area contributed by atoms with Gasteiger partial charge in [-0.25, -0.2) is 13.1 Å². The van der Waals surface area contributed by atoms with E-state index in [0.29, 0.717) is 15.3 Å². The van der Waals surface area contributed by atoms with Crippen molar-refractivity contribution in [2.75, 3.05) is 0 Å². The predicted octanol–water partition coefficient (Wildman–Crippen LogP) is 4.68. The lowest BCUT2D eigenvalue weighted by Gasteiger charge is -2.08. The number of sulfonamides is 1. The first-order chi connectivity index (χ1) is 13.1. The van der Waals surface area contributed by atoms with E-state index in [-0.39, 0.29) is 17.9 Å². The summed E-state index contributed by atoms with van der Waals surface area (Å²) in [6.45, 7) is 0.00452. The summed E-state index contributed by atoms with van der Waals surface area (Å²) in [5.41, 5.74) is 0.00398. The fourth-order valence-electron chi connectivity index (χ4n) is 2.37. The molecule has 0 aliphatic carbocycles. The lowest BCUT2D eigenvalue weighted by atomic mass is 10.1. The van der Waals surface area contributed by atoms with Crippen LogP contribution in [0.2, 0.25) is 0 Å². The second-order valence-electron chi connectivity index (χ2n) is 5.88. The van der Waals surface area contributed by atoms with Crippen molar-refractivity contribution in [3.05, 3.63) is 79.7 Å². The van der Waals surface area contributed by atoms with Crippen LogP contribution < -0.4 is 4.72 Å². The van der Waals surface area contributed by atoms with E-state index < -0.39 is 27.5 Å². The van der Waals surface area contributed by atoms with E-state index in [1.807, 2.05) is 0 Å². The van der Waals surface area contributed by atoms with Crippen LogP contribution >= 0.6 is 22.7 Å². The summed E-state index contributed by atoms with van der Waals surface area (Å²) in [6, 6.07) is 9.03. The highest BCUT2D eigenvalue weighted by Crippen LogP contribution is 2.29. The molecular weight excluding hydrogens is 431 g/mol. The Morgan fingerprint density at radius 3 is 2.36 bits per heavy atom. The maximum Gasteiger partial charge on any atom is 0.416 e. The van der Waals surface area contributed by atoms with Crippen molar-refractivity contribution >= 4 is 38.5 Å². The van der Waals surface area contributed by atoms with Crippen LogP contribution in [-0.4, -0.2) is 14.2 Å². The van der Waals surface area contributed by atoms with Gasteiger partial charge < -0.3 is 0 Å². The Labute approximate surface area is 167 Å². The minimum Gasteiger partial charge on any atom is -0.288 e. The molecule has 2 heterocycles. The molecule has 3 rings (SSSR count). The van der Waals surface area contributed by atoms with Crippen molar-refractivity contribution in [1.82, 2.24) is 4.72 Å². The molecule has 1 N–H and O–H groups in total. The molecule has 0 radical (unpaired) electrons. The molecule has 0 amide bonds. The van der Waals surface area contributed by atoms with Gasteiger partial charge >= 0.3 is 6.18 Å². The summed E-state index contributed by atoms with van der Waals surface area (Å²) in [5, 5.41) is 3.55. The smallest absolute Gasteiger partial charge is 0.288 e. The summed E-state index contributed by atoms with van der Waals surface area (Å²) < 4.78 is 64.5. The molecule has 0 fully saturated rings. The van der Waals surface area contributed by atoms with E-state index in [1.165, 1.54) is 22.7 Å². The Morgan fingerprint density at radius 1 is 1.04 bits per heavy atom. The molecule has 2 aromatic heterocycles. The zero-order valence-corrected chi connectivity index (χ0v) is 16.6. The van der Waals surface area contributed by atoms with Gasteiger partial charge in [-0.3, -0.25) is 4.79 Å². The van der Waals surface area contributed by atoms with Gasteiger partial charge in [0, 0.05) is 22.4 Å². The van der Waals surface area contributed by atoms with Gasteiger partial charge in [-0.15, -0.1) is 11.3 Å². The second kappa shape index (κ2) is 8.16. The number of carbonyl (C=O) groups excluding carboxylic acids is 1. The average molecular weight is 446 g/mol. The van der Waals surface area contributed by atoms with Crippen molar-refractivity contribution < 1.29 is 26.4 Å². The fourth-order valence-corrected chi connectivity index (χ4v) is 5.12. The number of rotatable bonds is 7. The third-order valence-electron chi connectivity index (χ3n) is 3.77. The van der Waals surface area contributed by atoms with Crippen LogP contribution in [0.1, 0.15) is 31.2 Å². The molecule has 28 heavy (non-hydrogen) atoms. The topological polar surface area (TPSA) is 63.2 Å². The zero-order valence-electron chi connectivity index (χ0n) is 14.2. The van der Waals surface area contributed by atoms with Crippen molar-refractivity contribution in [3.8, 4) is 0 Å². The number of alkyl halides is 3. The number of carbonyl (C=O) groups is 1. The van der Waals surface area contributed by atoms with E-state index in [4.69, 9.17) is 0 Å². The molecule has 148 valence electrons. The summed E-state index contributed by atoms with van der Waals surface area (Å²) >= 11 is 2.61. The Morgan fingerprint density at radius 2 is 1.75 bits per heavy atom. The van der Waals surface area contributed by atoms with Crippen LogP contribution in [0.5, 0.6) is 0 Å². The highest BCUT2D eigenvalue weighted by molar-refractivity contribution is 7.88. The predicted molar refractivity (Wildman–Crippen MR) is 103 cm³/mol. The molecule has 0 spiro atoms. The maximum absolute atomic E-state index is 12.6. The SMILES string of the molecule is O=C(c1ccsc1)c1ccc(CNS(=O)(=O)Cc2ccc(C(F)(F)F)cc2)s1.